The molecule has 0 heterocycles. The smallest absolute Gasteiger partial charge is 0.264 e. The molecule has 6 nitrogen and oxygen atoms in total. The van der Waals surface area contributed by atoms with Crippen LogP contribution >= 0.6 is 0 Å². The zero-order valence-electron chi connectivity index (χ0n) is 14.6. The van der Waals surface area contributed by atoms with Gasteiger partial charge in [-0.05, 0) is 55.2 Å². The van der Waals surface area contributed by atoms with Crippen LogP contribution in [0, 0.1) is 5.92 Å². The first-order valence-corrected chi connectivity index (χ1v) is 10.0. The Hall–Kier alpha value is -2.38. The molecule has 2 aromatic carbocycles. The second-order valence-electron chi connectivity index (χ2n) is 6.49. The molecular formula is C19H23N3O3S. The molecule has 0 bridgehead atoms. The van der Waals surface area contributed by atoms with Gasteiger partial charge in [-0.2, -0.15) is 0 Å². The molecule has 2 aromatic rings. The number of anilines is 1. The lowest BCUT2D eigenvalue weighted by atomic mass is 10.1. The van der Waals surface area contributed by atoms with Crippen LogP contribution in [0.2, 0.25) is 0 Å². The molecule has 1 fully saturated rings. The number of benzene rings is 2. The number of hydrogen-bond acceptors (Lipinski definition) is 4. The molecule has 0 saturated heterocycles. The van der Waals surface area contributed by atoms with Crippen LogP contribution in [-0.2, 0) is 10.0 Å². The Morgan fingerprint density at radius 2 is 1.77 bits per heavy atom. The highest BCUT2D eigenvalue weighted by molar-refractivity contribution is 7.92. The molecule has 3 rings (SSSR count). The zero-order valence-corrected chi connectivity index (χ0v) is 15.4. The Kier molecular flexibility index (Phi) is 5.29. The third-order valence-electron chi connectivity index (χ3n) is 4.66. The molecule has 0 spiro atoms. The van der Waals surface area contributed by atoms with Crippen LogP contribution in [0.25, 0.3) is 0 Å². The number of carbonyl (C=O) groups is 1. The molecule has 26 heavy (non-hydrogen) atoms. The second kappa shape index (κ2) is 7.47. The van der Waals surface area contributed by atoms with Gasteiger partial charge in [-0.1, -0.05) is 18.2 Å². The van der Waals surface area contributed by atoms with Crippen molar-refractivity contribution >= 4 is 21.6 Å². The third kappa shape index (κ3) is 3.89. The van der Waals surface area contributed by atoms with E-state index in [1.54, 1.807) is 24.3 Å². The summed E-state index contributed by atoms with van der Waals surface area (Å²) in [6.07, 6.45) is 2.18. The summed E-state index contributed by atoms with van der Waals surface area (Å²) >= 11 is 0. The quantitative estimate of drug-likeness (QED) is 0.776. The number of sulfonamides is 1. The monoisotopic (exact) mass is 373 g/mol. The van der Waals surface area contributed by atoms with Gasteiger partial charge in [-0.25, -0.2) is 8.42 Å². The van der Waals surface area contributed by atoms with E-state index < -0.39 is 10.0 Å². The maximum Gasteiger partial charge on any atom is 0.264 e. The van der Waals surface area contributed by atoms with Gasteiger partial charge in [-0.15, -0.1) is 0 Å². The first kappa shape index (κ1) is 18.4. The molecule has 0 radical (unpaired) electrons. The Bertz CT molecular complexity index is 863. The van der Waals surface area contributed by atoms with Crippen molar-refractivity contribution in [2.45, 2.75) is 23.8 Å². The standard InChI is InChI=1S/C19H23N3O3S/c1-22(16-5-3-2-4-6-16)26(24,25)17-11-9-15(10-12-17)19(23)21-18(13-20)14-7-8-14/h2-6,9-12,14,18H,7-8,13,20H2,1H3,(H,21,23). The largest absolute Gasteiger partial charge is 0.348 e. The third-order valence-corrected chi connectivity index (χ3v) is 6.46. The predicted octanol–water partition coefficient (Wildman–Crippen LogP) is 1.98. The lowest BCUT2D eigenvalue weighted by Crippen LogP contribution is -2.41. The fraction of sp³-hybridized carbons (Fsp3) is 0.316. The van der Waals surface area contributed by atoms with Gasteiger partial charge in [-0.3, -0.25) is 9.10 Å². The van der Waals surface area contributed by atoms with Crippen LogP contribution in [0.5, 0.6) is 0 Å². The van der Waals surface area contributed by atoms with Crippen LogP contribution in [0.3, 0.4) is 0 Å². The average Bonchev–Trinajstić information content (AvgIpc) is 3.51. The number of nitrogens with one attached hydrogen (secondary N) is 1. The molecule has 1 unspecified atom stereocenters. The number of rotatable bonds is 7. The van der Waals surface area contributed by atoms with Crippen molar-refractivity contribution in [2.24, 2.45) is 11.7 Å². The SMILES string of the molecule is CN(c1ccccc1)S(=O)(=O)c1ccc(C(=O)NC(CN)C2CC2)cc1. The van der Waals surface area contributed by atoms with E-state index in [1.807, 2.05) is 6.07 Å². The lowest BCUT2D eigenvalue weighted by Gasteiger charge is -2.20. The van der Waals surface area contributed by atoms with Crippen LogP contribution < -0.4 is 15.4 Å². The van der Waals surface area contributed by atoms with E-state index in [1.165, 1.54) is 35.6 Å². The van der Waals surface area contributed by atoms with E-state index >= 15 is 0 Å². The molecule has 0 aromatic heterocycles. The van der Waals surface area contributed by atoms with Crippen molar-refractivity contribution < 1.29 is 13.2 Å². The summed E-state index contributed by atoms with van der Waals surface area (Å²) in [6, 6.07) is 14.8. The van der Waals surface area contributed by atoms with E-state index in [0.29, 0.717) is 23.7 Å². The van der Waals surface area contributed by atoms with Gasteiger partial charge in [0.2, 0.25) is 0 Å². The minimum atomic E-state index is -3.68. The number of hydrogen-bond donors (Lipinski definition) is 2. The molecular weight excluding hydrogens is 350 g/mol. The molecule has 1 aliphatic rings. The molecule has 0 aliphatic heterocycles. The van der Waals surface area contributed by atoms with Gasteiger partial charge < -0.3 is 11.1 Å². The van der Waals surface area contributed by atoms with Crippen molar-refractivity contribution in [2.75, 3.05) is 17.9 Å². The second-order valence-corrected chi connectivity index (χ2v) is 8.45. The predicted molar refractivity (Wildman–Crippen MR) is 102 cm³/mol. The Balaban J connectivity index is 1.75. The molecule has 138 valence electrons. The van der Waals surface area contributed by atoms with Crippen LogP contribution in [-0.4, -0.2) is 34.0 Å². The summed E-state index contributed by atoms with van der Waals surface area (Å²) in [6.45, 7) is 0.407. The highest BCUT2D eigenvalue weighted by Gasteiger charge is 2.31. The maximum atomic E-state index is 12.7. The van der Waals surface area contributed by atoms with Gasteiger partial charge in [0.25, 0.3) is 15.9 Å². The van der Waals surface area contributed by atoms with Crippen LogP contribution in [0.4, 0.5) is 5.69 Å². The fourth-order valence-electron chi connectivity index (χ4n) is 2.83. The van der Waals surface area contributed by atoms with Crippen molar-refractivity contribution in [3.63, 3.8) is 0 Å². The van der Waals surface area contributed by atoms with E-state index in [2.05, 4.69) is 5.32 Å². The Morgan fingerprint density at radius 3 is 2.31 bits per heavy atom. The lowest BCUT2D eigenvalue weighted by molar-refractivity contribution is 0.0933. The molecule has 1 saturated carbocycles. The summed E-state index contributed by atoms with van der Waals surface area (Å²) in [5.41, 5.74) is 6.71. The Labute approximate surface area is 154 Å². The topological polar surface area (TPSA) is 92.5 Å². The van der Waals surface area contributed by atoms with E-state index in [-0.39, 0.29) is 16.8 Å². The van der Waals surface area contributed by atoms with Gasteiger partial charge in [0.1, 0.15) is 0 Å². The fourth-order valence-corrected chi connectivity index (χ4v) is 4.03. The van der Waals surface area contributed by atoms with E-state index in [0.717, 1.165) is 12.8 Å². The normalized spacial score (nSPS) is 15.3. The van der Waals surface area contributed by atoms with Crippen LogP contribution in [0.15, 0.2) is 59.5 Å². The van der Waals surface area contributed by atoms with Crippen molar-refractivity contribution in [1.29, 1.82) is 0 Å². The molecule has 1 atom stereocenters. The number of carbonyl (C=O) groups excluding carboxylic acids is 1. The number of amides is 1. The average molecular weight is 373 g/mol. The minimum Gasteiger partial charge on any atom is -0.348 e. The first-order chi connectivity index (χ1) is 12.4. The number of nitrogens with two attached hydrogens (primary N) is 1. The summed E-state index contributed by atoms with van der Waals surface area (Å²) < 4.78 is 26.7. The zero-order chi connectivity index (χ0) is 18.7. The highest BCUT2D eigenvalue weighted by Crippen LogP contribution is 2.32. The van der Waals surface area contributed by atoms with Gasteiger partial charge in [0, 0.05) is 25.2 Å². The van der Waals surface area contributed by atoms with Gasteiger partial charge in [0.15, 0.2) is 0 Å². The van der Waals surface area contributed by atoms with E-state index in [4.69, 9.17) is 5.73 Å². The first-order valence-electron chi connectivity index (χ1n) is 8.58. The summed E-state index contributed by atoms with van der Waals surface area (Å²) in [5, 5.41) is 2.93. The van der Waals surface area contributed by atoms with Gasteiger partial charge >= 0.3 is 0 Å². The van der Waals surface area contributed by atoms with E-state index in [9.17, 15) is 13.2 Å². The molecule has 3 N–H and O–H groups in total. The van der Waals surface area contributed by atoms with Crippen molar-refractivity contribution in [3.8, 4) is 0 Å². The van der Waals surface area contributed by atoms with Gasteiger partial charge in [0.05, 0.1) is 10.6 Å². The highest BCUT2D eigenvalue weighted by atomic mass is 32.2. The Morgan fingerprint density at radius 1 is 1.15 bits per heavy atom. The summed E-state index contributed by atoms with van der Waals surface area (Å²) in [4.78, 5) is 12.5. The molecule has 1 amide bonds. The minimum absolute atomic E-state index is 0.0184. The maximum absolute atomic E-state index is 12.7. The molecule has 7 heteroatoms. The van der Waals surface area contributed by atoms with Crippen molar-refractivity contribution in [1.82, 2.24) is 5.32 Å². The van der Waals surface area contributed by atoms with Crippen molar-refractivity contribution in [3.05, 3.63) is 60.2 Å². The number of nitrogens with zero attached hydrogens (tertiary/aromatic N) is 1. The summed E-state index contributed by atoms with van der Waals surface area (Å²) in [5.74, 6) is 0.232. The number of para-hydroxylation sites is 1. The molecule has 1 aliphatic carbocycles. The summed E-state index contributed by atoms with van der Waals surface area (Å²) in [7, 11) is -2.18. The van der Waals surface area contributed by atoms with Crippen LogP contribution in [0.1, 0.15) is 23.2 Å².